The highest BCUT2D eigenvalue weighted by atomic mass is 35.5. The van der Waals surface area contributed by atoms with Crippen molar-refractivity contribution in [3.8, 4) is 11.4 Å². The second-order valence-corrected chi connectivity index (χ2v) is 7.37. The molecule has 34 heavy (non-hydrogen) atoms. The number of nitrogens with two attached hydrogens (primary N) is 1. The van der Waals surface area contributed by atoms with E-state index in [9.17, 15) is 36.0 Å². The first-order valence-electron chi connectivity index (χ1n) is 8.93. The average Bonchev–Trinajstić information content (AvgIpc) is 2.78. The molecule has 0 spiro atoms. The molecule has 0 radical (unpaired) electrons. The summed E-state index contributed by atoms with van der Waals surface area (Å²) >= 11 is 12.0. The van der Waals surface area contributed by atoms with Gasteiger partial charge in [0, 0.05) is 30.5 Å². The van der Waals surface area contributed by atoms with E-state index >= 15 is 0 Å². The number of fused-ring (bicyclic) bond motifs is 1. The molecule has 17 heteroatoms. The number of non-ortho nitro benzene ring substituents is 1. The van der Waals surface area contributed by atoms with Crippen LogP contribution in [0.4, 0.5) is 11.4 Å². The zero-order valence-corrected chi connectivity index (χ0v) is 18.1. The van der Waals surface area contributed by atoms with Crippen molar-refractivity contribution in [3.05, 3.63) is 94.9 Å². The maximum atomic E-state index is 12.9. The summed E-state index contributed by atoms with van der Waals surface area (Å²) < 4.78 is 0. The average molecular weight is 512 g/mol. The smallest absolute Gasteiger partial charge is 0.272 e. The van der Waals surface area contributed by atoms with Crippen LogP contribution in [-0.4, -0.2) is 25.3 Å². The third kappa shape index (κ3) is 5.04. The van der Waals surface area contributed by atoms with E-state index in [4.69, 9.17) is 29.0 Å². The highest BCUT2D eigenvalue weighted by molar-refractivity contribution is 6.39. The highest BCUT2D eigenvalue weighted by Gasteiger charge is 2.22. The number of H-pyrrole nitrogens is 1. The number of aromatic nitrogens is 2. The summed E-state index contributed by atoms with van der Waals surface area (Å²) in [5, 5.41) is 68.3. The standard InChI is InChI=1S/C17H14Cl2N8O7/c18-9-3-8(26(31)32)4-10(19)14(9)23-17(28)15(24-20)16(27(33)34)13-6-21-11-2-1-7(25(29)30)5-12(11)22-13/h1-6,16,22-24,33H,20H2,(H-,21,28,29,30)/q-2/p-1. The van der Waals surface area contributed by atoms with Gasteiger partial charge in [-0.1, -0.05) is 23.2 Å². The number of nitro benzene ring substituents is 1. The molecule has 3 rings (SSSR count). The summed E-state index contributed by atoms with van der Waals surface area (Å²) in [5.41, 5.74) is 0.966. The molecule has 0 saturated heterocycles. The van der Waals surface area contributed by atoms with Gasteiger partial charge in [0.05, 0.1) is 43.4 Å². The van der Waals surface area contributed by atoms with Crippen LogP contribution in [-0.2, 0) is 0 Å². The van der Waals surface area contributed by atoms with Crippen molar-refractivity contribution in [2.75, 3.05) is 5.32 Å². The molecule has 1 aliphatic carbocycles. The van der Waals surface area contributed by atoms with Gasteiger partial charge in [0.1, 0.15) is 6.04 Å². The topological polar surface area (TPSA) is 241 Å². The van der Waals surface area contributed by atoms with Crippen molar-refractivity contribution >= 4 is 34.6 Å². The number of hydrazine groups is 1. The fraction of sp³-hybridized carbons (Fsp3) is 0.0588. The predicted octanol–water partition coefficient (Wildman–Crippen LogP) is 0.832. The zero-order chi connectivity index (χ0) is 25.2. The predicted molar refractivity (Wildman–Crippen MR) is 118 cm³/mol. The van der Waals surface area contributed by atoms with Gasteiger partial charge in [-0.3, -0.25) is 20.9 Å². The fourth-order valence-electron chi connectivity index (χ4n) is 2.94. The quantitative estimate of drug-likeness (QED) is 0.128. The number of halogens is 2. The maximum Gasteiger partial charge on any atom is 0.272 e. The SMILES string of the molecule is NNC(=C([O-])Nc1c(Cl)cc([N+](=O)[O-])cc1Cl)C(c1cnc2ccc(=[N+]([O-])[O-])cc-2[nH]1)N([O-])O. The Balaban J connectivity index is 2.09. The lowest BCUT2D eigenvalue weighted by atomic mass is 10.1. The molecule has 180 valence electrons. The molecule has 1 aromatic rings. The molecule has 0 saturated carbocycles. The van der Waals surface area contributed by atoms with Crippen molar-refractivity contribution in [3.63, 3.8) is 0 Å². The minimum atomic E-state index is -1.81. The molecule has 15 nitrogen and oxygen atoms in total. The van der Waals surface area contributed by atoms with Crippen LogP contribution in [0, 0.1) is 25.7 Å². The molecular formula is C17H13Cl2N8O7-3. The third-order valence-corrected chi connectivity index (χ3v) is 5.07. The van der Waals surface area contributed by atoms with E-state index in [1.807, 2.05) is 5.43 Å². The Hall–Kier alpha value is -3.86. The molecule has 1 aromatic carbocycles. The normalized spacial score (nSPS) is 12.9. The number of nitro groups is 1. The van der Waals surface area contributed by atoms with Gasteiger partial charge in [0.2, 0.25) is 5.36 Å². The number of hydrogen-bond donors (Lipinski definition) is 5. The van der Waals surface area contributed by atoms with Crippen molar-refractivity contribution in [1.29, 1.82) is 0 Å². The monoisotopic (exact) mass is 511 g/mol. The number of rotatable bonds is 7. The van der Waals surface area contributed by atoms with Crippen LogP contribution in [0.1, 0.15) is 11.7 Å². The fourth-order valence-corrected chi connectivity index (χ4v) is 3.51. The second kappa shape index (κ2) is 9.96. The molecule has 1 unspecified atom stereocenters. The van der Waals surface area contributed by atoms with Gasteiger partial charge in [-0.2, -0.15) is 4.90 Å². The molecule has 2 aliphatic rings. The number of nitrogens with zero attached hydrogens (tertiary/aromatic N) is 4. The van der Waals surface area contributed by atoms with Crippen LogP contribution in [0.5, 0.6) is 0 Å². The van der Waals surface area contributed by atoms with E-state index in [1.54, 1.807) is 0 Å². The lowest BCUT2D eigenvalue weighted by molar-refractivity contribution is -0.384. The largest absolute Gasteiger partial charge is 0.859 e. The second-order valence-electron chi connectivity index (χ2n) is 6.56. The molecule has 0 aromatic heterocycles. The Morgan fingerprint density at radius 1 is 1.21 bits per heavy atom. The van der Waals surface area contributed by atoms with E-state index in [0.717, 1.165) is 24.4 Å². The Kier molecular flexibility index (Phi) is 7.26. The number of nitrogens with one attached hydrogen (secondary N) is 3. The molecule has 1 heterocycles. The molecule has 6 N–H and O–H groups in total. The number of benzene rings is 2. The van der Waals surface area contributed by atoms with Gasteiger partial charge in [0.25, 0.3) is 5.69 Å². The van der Waals surface area contributed by atoms with Crippen molar-refractivity contribution in [1.82, 2.24) is 25.5 Å². The Morgan fingerprint density at radius 2 is 1.85 bits per heavy atom. The van der Waals surface area contributed by atoms with Gasteiger partial charge >= 0.3 is 0 Å². The summed E-state index contributed by atoms with van der Waals surface area (Å²) in [6.07, 6.45) is 1.11. The first-order valence-corrected chi connectivity index (χ1v) is 9.69. The summed E-state index contributed by atoms with van der Waals surface area (Å²) in [4.78, 5) is 16.3. The molecule has 0 fully saturated rings. The van der Waals surface area contributed by atoms with Gasteiger partial charge in [-0.25, -0.2) is 5.23 Å². The number of hydrogen-bond acceptors (Lipinski definition) is 12. The van der Waals surface area contributed by atoms with Crippen molar-refractivity contribution < 1.29 is 15.2 Å². The Labute approximate surface area is 199 Å². The minimum absolute atomic E-state index is 0.122. The summed E-state index contributed by atoms with van der Waals surface area (Å²) in [5.74, 6) is 4.33. The zero-order valence-electron chi connectivity index (χ0n) is 16.6. The lowest BCUT2D eigenvalue weighted by Gasteiger charge is -2.35. The van der Waals surface area contributed by atoms with Crippen LogP contribution in [0.25, 0.3) is 11.4 Å². The van der Waals surface area contributed by atoms with E-state index in [-0.39, 0.29) is 32.5 Å². The number of anilines is 1. The Morgan fingerprint density at radius 3 is 2.38 bits per heavy atom. The molecular weight excluding hydrogens is 499 g/mol. The number of aromatic amines is 1. The van der Waals surface area contributed by atoms with Crippen LogP contribution >= 0.6 is 23.2 Å². The van der Waals surface area contributed by atoms with E-state index in [0.29, 0.717) is 5.69 Å². The van der Waals surface area contributed by atoms with Gasteiger partial charge in [-0.05, 0) is 11.9 Å². The van der Waals surface area contributed by atoms with Crippen molar-refractivity contribution in [2.24, 2.45) is 5.84 Å². The maximum absolute atomic E-state index is 12.9. The molecule has 1 atom stereocenters. The van der Waals surface area contributed by atoms with Crippen LogP contribution in [0.2, 0.25) is 10.0 Å². The van der Waals surface area contributed by atoms with E-state index in [2.05, 4.69) is 15.3 Å². The van der Waals surface area contributed by atoms with Gasteiger partial charge < -0.3 is 41.7 Å². The van der Waals surface area contributed by atoms with Gasteiger partial charge in [-0.15, -0.1) is 0 Å². The van der Waals surface area contributed by atoms with Crippen molar-refractivity contribution in [2.45, 2.75) is 6.04 Å². The van der Waals surface area contributed by atoms with Crippen LogP contribution in [0.15, 0.2) is 48.1 Å². The number of hydroxylamine groups is 2. The van der Waals surface area contributed by atoms with Crippen LogP contribution < -0.4 is 32.0 Å². The first-order chi connectivity index (χ1) is 16.0. The molecule has 1 aliphatic heterocycles. The van der Waals surface area contributed by atoms with Gasteiger partial charge in [0.15, 0.2) is 0 Å². The Bertz CT molecular complexity index is 1290. The minimum Gasteiger partial charge on any atom is -0.859 e. The molecule has 0 bridgehead atoms. The van der Waals surface area contributed by atoms with E-state index < -0.39 is 38.4 Å². The first kappa shape index (κ1) is 24.8. The van der Waals surface area contributed by atoms with Crippen LogP contribution in [0.3, 0.4) is 0 Å². The van der Waals surface area contributed by atoms with E-state index in [1.165, 1.54) is 12.1 Å². The molecule has 0 amide bonds. The summed E-state index contributed by atoms with van der Waals surface area (Å²) in [6.45, 7) is 0. The highest BCUT2D eigenvalue weighted by Crippen LogP contribution is 2.36. The third-order valence-electron chi connectivity index (χ3n) is 4.48. The summed E-state index contributed by atoms with van der Waals surface area (Å²) in [6, 6.07) is 3.79. The summed E-state index contributed by atoms with van der Waals surface area (Å²) in [7, 11) is 0. The lowest BCUT2D eigenvalue weighted by Crippen LogP contribution is -2.37.